The number of nitrogens with one attached hydrogen (secondary N) is 1. The number of fused-ring (bicyclic) bond motifs is 3. The molecule has 1 amide bonds. The number of aliphatic hydroxyl groups excluding tert-OH is 1. The number of rotatable bonds is 9. The van der Waals surface area contributed by atoms with Gasteiger partial charge in [-0.05, 0) is 57.5 Å². The van der Waals surface area contributed by atoms with Crippen molar-refractivity contribution in [3.63, 3.8) is 0 Å². The Bertz CT molecular complexity index is 1270. The second-order valence-electron chi connectivity index (χ2n) is 10.8. The van der Waals surface area contributed by atoms with Gasteiger partial charge in [0.1, 0.15) is 29.4 Å². The third-order valence-corrected chi connectivity index (χ3v) is 7.99. The third-order valence-electron chi connectivity index (χ3n) is 7.99. The number of anilines is 1. The van der Waals surface area contributed by atoms with E-state index in [1.165, 1.54) is 7.11 Å². The molecule has 5 N–H and O–H groups in total. The Hall–Kier alpha value is -3.41. The van der Waals surface area contributed by atoms with Crippen molar-refractivity contribution >= 4 is 23.2 Å². The first kappa shape index (κ1) is 28.6. The van der Waals surface area contributed by atoms with E-state index in [-0.39, 0.29) is 42.0 Å². The molecule has 0 aromatic heterocycles. The van der Waals surface area contributed by atoms with Crippen LogP contribution in [0.5, 0.6) is 5.75 Å². The van der Waals surface area contributed by atoms with Crippen molar-refractivity contribution in [1.82, 2.24) is 10.2 Å². The van der Waals surface area contributed by atoms with Crippen LogP contribution in [0.15, 0.2) is 28.7 Å². The van der Waals surface area contributed by atoms with Crippen molar-refractivity contribution in [3.8, 4) is 5.75 Å². The Morgan fingerprint density at radius 3 is 2.44 bits per heavy atom. The van der Waals surface area contributed by atoms with Gasteiger partial charge in [0, 0.05) is 44.6 Å². The zero-order chi connectivity index (χ0) is 28.8. The first-order chi connectivity index (χ1) is 18.5. The van der Waals surface area contributed by atoms with Gasteiger partial charge < -0.3 is 35.6 Å². The third kappa shape index (κ3) is 4.68. The van der Waals surface area contributed by atoms with Gasteiger partial charge in [-0.25, -0.2) is 0 Å². The predicted octanol–water partition coefficient (Wildman–Crippen LogP) is 0.896. The predicted molar refractivity (Wildman–Crippen MR) is 145 cm³/mol. The van der Waals surface area contributed by atoms with Gasteiger partial charge in [0.2, 0.25) is 0 Å². The molecular weight excluding hydrogens is 504 g/mol. The van der Waals surface area contributed by atoms with Crippen molar-refractivity contribution in [2.75, 3.05) is 60.5 Å². The number of phenolic OH excluding ortho intramolecular Hbond substituents is 1. The standard InChI is InChI=1S/C28H38N4O7/c1-30-12-14-11-17(31(2)3)15-9-13-10-16-20(25(35)21(28(29)37)26(36)22(16)32(4)5)27(39-8-7-38-6)18(13)24(34)19(15)23(14)33/h11,13,16,20,22,30,33,36H,7-10,12H2,1-6H3,(H2,29,37). The van der Waals surface area contributed by atoms with Gasteiger partial charge >= 0.3 is 0 Å². The van der Waals surface area contributed by atoms with E-state index in [4.69, 9.17) is 15.2 Å². The molecule has 4 atom stereocenters. The summed E-state index contributed by atoms with van der Waals surface area (Å²) >= 11 is 0. The molecule has 1 aromatic carbocycles. The second kappa shape index (κ2) is 11.0. The molecule has 0 radical (unpaired) electrons. The fourth-order valence-corrected chi connectivity index (χ4v) is 6.47. The fourth-order valence-electron chi connectivity index (χ4n) is 6.47. The summed E-state index contributed by atoms with van der Waals surface area (Å²) in [6, 6.07) is 1.20. The first-order valence-corrected chi connectivity index (χ1v) is 13.0. The van der Waals surface area contributed by atoms with Gasteiger partial charge in [-0.3, -0.25) is 19.3 Å². The average molecular weight is 543 g/mol. The van der Waals surface area contributed by atoms with Gasteiger partial charge in [-0.2, -0.15) is 0 Å². The highest BCUT2D eigenvalue weighted by Crippen LogP contribution is 2.52. The smallest absolute Gasteiger partial charge is 0.255 e. The maximum Gasteiger partial charge on any atom is 0.255 e. The number of carbonyl (C=O) groups excluding carboxylic acids is 3. The number of nitrogens with zero attached hydrogens (tertiary/aromatic N) is 2. The van der Waals surface area contributed by atoms with E-state index in [9.17, 15) is 24.6 Å². The number of carbonyl (C=O) groups is 3. The molecule has 39 heavy (non-hydrogen) atoms. The van der Waals surface area contributed by atoms with E-state index in [1.807, 2.05) is 25.1 Å². The van der Waals surface area contributed by atoms with Crippen LogP contribution < -0.4 is 16.0 Å². The van der Waals surface area contributed by atoms with Crippen molar-refractivity contribution in [2.45, 2.75) is 25.4 Å². The molecule has 4 rings (SSSR count). The number of Topliss-reactive ketones (excluding diaryl/α,β-unsaturated/α-hetero) is 2. The molecule has 11 heteroatoms. The number of hydrogen-bond donors (Lipinski definition) is 4. The lowest BCUT2D eigenvalue weighted by Crippen LogP contribution is -2.53. The van der Waals surface area contributed by atoms with Crippen LogP contribution in [0.25, 0.3) is 0 Å². The van der Waals surface area contributed by atoms with Gasteiger partial charge in [0.15, 0.2) is 11.6 Å². The van der Waals surface area contributed by atoms with Crippen LogP contribution in [-0.4, -0.2) is 94.2 Å². The fraction of sp³-hybridized carbons (Fsp3) is 0.536. The molecule has 4 unspecified atom stereocenters. The number of hydrogen-bond acceptors (Lipinski definition) is 10. The molecule has 1 aromatic rings. The summed E-state index contributed by atoms with van der Waals surface area (Å²) in [6.07, 6.45) is 0.818. The summed E-state index contributed by atoms with van der Waals surface area (Å²) in [5, 5.41) is 25.3. The molecule has 0 bridgehead atoms. The van der Waals surface area contributed by atoms with E-state index in [0.717, 1.165) is 11.3 Å². The summed E-state index contributed by atoms with van der Waals surface area (Å²) < 4.78 is 11.3. The normalized spacial score (nSPS) is 24.5. The highest BCUT2D eigenvalue weighted by Gasteiger charge is 2.55. The van der Waals surface area contributed by atoms with E-state index in [0.29, 0.717) is 30.5 Å². The lowest BCUT2D eigenvalue weighted by molar-refractivity contribution is -0.128. The average Bonchev–Trinajstić information content (AvgIpc) is 2.84. The van der Waals surface area contributed by atoms with Crippen molar-refractivity contribution in [2.24, 2.45) is 23.5 Å². The molecule has 0 saturated heterocycles. The number of aliphatic hydroxyl groups is 1. The summed E-state index contributed by atoms with van der Waals surface area (Å²) in [6.45, 7) is 0.634. The minimum atomic E-state index is -1.03. The Morgan fingerprint density at radius 2 is 1.87 bits per heavy atom. The monoisotopic (exact) mass is 542 g/mol. The zero-order valence-corrected chi connectivity index (χ0v) is 23.3. The molecule has 0 heterocycles. The molecule has 0 fully saturated rings. The molecule has 0 aliphatic heterocycles. The van der Waals surface area contributed by atoms with E-state index in [2.05, 4.69) is 5.32 Å². The van der Waals surface area contributed by atoms with Gasteiger partial charge in [-0.15, -0.1) is 0 Å². The summed E-state index contributed by atoms with van der Waals surface area (Å²) in [7, 11) is 10.6. The number of primary amides is 1. The SMILES string of the molecule is CNCc1cc(N(C)C)c2c(c1O)C(=O)C1=C(OCCOC)C3C(=O)C(C(N)=O)=C(O)C(N(C)C)C3CC1C2. The number of amides is 1. The summed E-state index contributed by atoms with van der Waals surface area (Å²) in [5.74, 6) is -4.21. The van der Waals surface area contributed by atoms with Crippen LogP contribution in [0.2, 0.25) is 0 Å². The van der Waals surface area contributed by atoms with Gasteiger partial charge in [0.25, 0.3) is 5.91 Å². The second-order valence-corrected chi connectivity index (χ2v) is 10.8. The highest BCUT2D eigenvalue weighted by molar-refractivity contribution is 6.22. The molecule has 3 aliphatic carbocycles. The Kier molecular flexibility index (Phi) is 8.06. The van der Waals surface area contributed by atoms with Crippen molar-refractivity contribution < 1.29 is 34.1 Å². The van der Waals surface area contributed by atoms with E-state index < -0.39 is 40.9 Å². The van der Waals surface area contributed by atoms with Crippen molar-refractivity contribution in [3.05, 3.63) is 45.4 Å². The molecule has 11 nitrogen and oxygen atoms in total. The van der Waals surface area contributed by atoms with E-state index in [1.54, 1.807) is 26.0 Å². The summed E-state index contributed by atoms with van der Waals surface area (Å²) in [4.78, 5) is 44.0. The first-order valence-electron chi connectivity index (χ1n) is 13.0. The summed E-state index contributed by atoms with van der Waals surface area (Å²) in [5.41, 5.74) is 7.72. The number of ether oxygens (including phenoxy) is 2. The number of likely N-dealkylation sites (N-methyl/N-ethyl adjacent to an activating group) is 1. The van der Waals surface area contributed by atoms with Crippen LogP contribution in [0.4, 0.5) is 5.69 Å². The minimum Gasteiger partial charge on any atom is -0.510 e. The number of aromatic hydroxyl groups is 1. The molecule has 212 valence electrons. The van der Waals surface area contributed by atoms with Crippen LogP contribution >= 0.6 is 0 Å². The van der Waals surface area contributed by atoms with Crippen LogP contribution in [0, 0.1) is 17.8 Å². The number of nitrogens with two attached hydrogens (primary N) is 1. The number of benzene rings is 1. The quantitative estimate of drug-likeness (QED) is 0.261. The number of ketones is 2. The van der Waals surface area contributed by atoms with Gasteiger partial charge in [-0.1, -0.05) is 0 Å². The van der Waals surface area contributed by atoms with Gasteiger partial charge in [0.05, 0.1) is 24.1 Å². The lowest BCUT2D eigenvalue weighted by Gasteiger charge is -2.47. The zero-order valence-electron chi connectivity index (χ0n) is 23.3. The molecular formula is C28H38N4O7. The van der Waals surface area contributed by atoms with E-state index >= 15 is 0 Å². The molecule has 3 aliphatic rings. The lowest BCUT2D eigenvalue weighted by atomic mass is 9.60. The van der Waals surface area contributed by atoms with Crippen LogP contribution in [0.3, 0.4) is 0 Å². The Balaban J connectivity index is 1.98. The minimum absolute atomic E-state index is 0.0711. The number of phenols is 1. The largest absolute Gasteiger partial charge is 0.510 e. The molecule has 0 spiro atoms. The maximum absolute atomic E-state index is 14.3. The number of allylic oxidation sites excluding steroid dienone is 2. The van der Waals surface area contributed by atoms with Crippen LogP contribution in [0.1, 0.15) is 27.9 Å². The topological polar surface area (TPSA) is 155 Å². The van der Waals surface area contributed by atoms with Crippen molar-refractivity contribution in [1.29, 1.82) is 0 Å². The number of methoxy groups -OCH3 is 1. The molecule has 0 saturated carbocycles. The maximum atomic E-state index is 14.3. The van der Waals surface area contributed by atoms with Crippen LogP contribution in [-0.2, 0) is 32.0 Å². The Morgan fingerprint density at radius 1 is 1.18 bits per heavy atom. The Labute approximate surface area is 228 Å². The highest BCUT2D eigenvalue weighted by atomic mass is 16.5.